The summed E-state index contributed by atoms with van der Waals surface area (Å²) in [5.74, 6) is 0.627. The summed E-state index contributed by atoms with van der Waals surface area (Å²) in [6.45, 7) is 1.87. The molecular weight excluding hydrogens is 198 g/mol. The molecule has 2 aromatic rings. The molecule has 0 bridgehead atoms. The summed E-state index contributed by atoms with van der Waals surface area (Å²) >= 11 is 6.14. The van der Waals surface area contributed by atoms with Gasteiger partial charge in [0.15, 0.2) is 0 Å². The Morgan fingerprint density at radius 3 is 2.50 bits per heavy atom. The first kappa shape index (κ1) is 9.28. The zero-order chi connectivity index (χ0) is 10.1. The summed E-state index contributed by atoms with van der Waals surface area (Å²) in [7, 11) is 1.61. The maximum Gasteiger partial charge on any atom is 0.221 e. The van der Waals surface area contributed by atoms with E-state index in [1.165, 1.54) is 0 Å². The first-order chi connectivity index (χ1) is 6.74. The Bertz CT molecular complexity index is 482. The van der Waals surface area contributed by atoms with Gasteiger partial charge in [-0.15, -0.1) is 0 Å². The van der Waals surface area contributed by atoms with Crippen LogP contribution in [0.3, 0.4) is 0 Å². The van der Waals surface area contributed by atoms with E-state index in [1.54, 1.807) is 7.11 Å². The van der Waals surface area contributed by atoms with Crippen LogP contribution in [0, 0.1) is 6.92 Å². The highest BCUT2D eigenvalue weighted by Gasteiger charge is 2.08. The Balaban J connectivity index is 2.89. The molecule has 14 heavy (non-hydrogen) atoms. The molecule has 0 saturated carbocycles. The van der Waals surface area contributed by atoms with Crippen molar-refractivity contribution in [3.05, 3.63) is 35.0 Å². The molecule has 1 aromatic heterocycles. The monoisotopic (exact) mass is 207 g/mol. The molecule has 1 aromatic carbocycles. The molecule has 0 radical (unpaired) electrons. The van der Waals surface area contributed by atoms with E-state index in [1.807, 2.05) is 31.2 Å². The van der Waals surface area contributed by atoms with Gasteiger partial charge in [-0.2, -0.15) is 0 Å². The van der Waals surface area contributed by atoms with Gasteiger partial charge in [0.1, 0.15) is 0 Å². The van der Waals surface area contributed by atoms with E-state index in [-0.39, 0.29) is 0 Å². The molecule has 0 spiro atoms. The fraction of sp³-hybridized carbons (Fsp3) is 0.182. The molecule has 0 saturated heterocycles. The predicted octanol–water partition coefficient (Wildman–Crippen LogP) is 3.21. The second-order valence-corrected chi connectivity index (χ2v) is 3.44. The molecule has 2 nitrogen and oxygen atoms in total. The van der Waals surface area contributed by atoms with Crippen LogP contribution in [0.1, 0.15) is 5.69 Å². The second-order valence-electron chi connectivity index (χ2n) is 3.07. The Kier molecular flexibility index (Phi) is 2.30. The molecule has 0 aliphatic carbocycles. The average Bonchev–Trinajstić information content (AvgIpc) is 2.23. The third kappa shape index (κ3) is 1.32. The van der Waals surface area contributed by atoms with Crippen molar-refractivity contribution in [2.45, 2.75) is 6.92 Å². The minimum absolute atomic E-state index is 0.627. The van der Waals surface area contributed by atoms with E-state index in [0.29, 0.717) is 10.9 Å². The van der Waals surface area contributed by atoms with Gasteiger partial charge in [0.25, 0.3) is 0 Å². The fourth-order valence-electron chi connectivity index (χ4n) is 1.47. The number of nitrogens with zero attached hydrogens (tertiary/aromatic N) is 1. The Hall–Kier alpha value is -1.28. The van der Waals surface area contributed by atoms with E-state index < -0.39 is 0 Å². The van der Waals surface area contributed by atoms with Crippen molar-refractivity contribution in [1.82, 2.24) is 4.98 Å². The number of methoxy groups -OCH3 is 1. The van der Waals surface area contributed by atoms with Gasteiger partial charge in [-0.1, -0.05) is 29.8 Å². The Morgan fingerprint density at radius 2 is 1.86 bits per heavy atom. The molecule has 0 N–H and O–H groups in total. The Morgan fingerprint density at radius 1 is 1.21 bits per heavy atom. The molecule has 0 unspecified atom stereocenters. The maximum absolute atomic E-state index is 6.14. The lowest BCUT2D eigenvalue weighted by Gasteiger charge is -2.07. The first-order valence-corrected chi connectivity index (χ1v) is 4.70. The molecule has 3 heteroatoms. The standard InChI is InChI=1S/C11H10ClNO/c1-7-10(12)8-5-3-4-6-9(8)11(13-7)14-2/h3-6H,1-2H3. The second kappa shape index (κ2) is 3.46. The van der Waals surface area contributed by atoms with Gasteiger partial charge in [-0.05, 0) is 13.0 Å². The quantitative estimate of drug-likeness (QED) is 0.717. The fourth-order valence-corrected chi connectivity index (χ4v) is 1.68. The largest absolute Gasteiger partial charge is 0.481 e. The first-order valence-electron chi connectivity index (χ1n) is 4.33. The van der Waals surface area contributed by atoms with Crippen molar-refractivity contribution in [3.8, 4) is 5.88 Å². The van der Waals surface area contributed by atoms with Crippen LogP contribution in [-0.4, -0.2) is 12.1 Å². The number of rotatable bonds is 1. The highest BCUT2D eigenvalue weighted by molar-refractivity contribution is 6.36. The summed E-state index contributed by atoms with van der Waals surface area (Å²) in [4.78, 5) is 4.27. The lowest BCUT2D eigenvalue weighted by Crippen LogP contribution is -1.92. The summed E-state index contributed by atoms with van der Waals surface area (Å²) in [5.41, 5.74) is 0.794. The normalized spacial score (nSPS) is 10.5. The lowest BCUT2D eigenvalue weighted by molar-refractivity contribution is 0.402. The molecule has 0 atom stereocenters. The van der Waals surface area contributed by atoms with E-state index in [2.05, 4.69) is 4.98 Å². The number of benzene rings is 1. The SMILES string of the molecule is COc1nc(C)c(Cl)c2ccccc12. The van der Waals surface area contributed by atoms with Crippen molar-refractivity contribution in [1.29, 1.82) is 0 Å². The number of halogens is 1. The number of hydrogen-bond donors (Lipinski definition) is 0. The molecule has 0 amide bonds. The summed E-state index contributed by atoms with van der Waals surface area (Å²) < 4.78 is 5.19. The number of aryl methyl sites for hydroxylation is 1. The van der Waals surface area contributed by atoms with Crippen molar-refractivity contribution < 1.29 is 4.74 Å². The molecule has 1 heterocycles. The number of ether oxygens (including phenoxy) is 1. The summed E-state index contributed by atoms with van der Waals surface area (Å²) in [6.07, 6.45) is 0. The number of pyridine rings is 1. The van der Waals surface area contributed by atoms with Crippen LogP contribution in [0.5, 0.6) is 5.88 Å². The van der Waals surface area contributed by atoms with E-state index in [0.717, 1.165) is 16.5 Å². The number of fused-ring (bicyclic) bond motifs is 1. The highest BCUT2D eigenvalue weighted by atomic mass is 35.5. The summed E-state index contributed by atoms with van der Waals surface area (Å²) in [6, 6.07) is 7.81. The van der Waals surface area contributed by atoms with E-state index >= 15 is 0 Å². The van der Waals surface area contributed by atoms with Gasteiger partial charge < -0.3 is 4.74 Å². The predicted molar refractivity (Wildman–Crippen MR) is 58.0 cm³/mol. The smallest absolute Gasteiger partial charge is 0.221 e. The van der Waals surface area contributed by atoms with Crippen molar-refractivity contribution in [3.63, 3.8) is 0 Å². The summed E-state index contributed by atoms with van der Waals surface area (Å²) in [5, 5.41) is 2.63. The topological polar surface area (TPSA) is 22.1 Å². The van der Waals surface area contributed by atoms with Crippen LogP contribution in [0.25, 0.3) is 10.8 Å². The van der Waals surface area contributed by atoms with Crippen LogP contribution >= 0.6 is 11.6 Å². The maximum atomic E-state index is 6.14. The van der Waals surface area contributed by atoms with Gasteiger partial charge in [0.05, 0.1) is 17.8 Å². The van der Waals surface area contributed by atoms with Gasteiger partial charge in [0, 0.05) is 10.8 Å². The molecule has 0 aliphatic rings. The third-order valence-electron chi connectivity index (χ3n) is 2.17. The lowest BCUT2D eigenvalue weighted by atomic mass is 10.1. The zero-order valence-electron chi connectivity index (χ0n) is 8.04. The minimum atomic E-state index is 0.627. The van der Waals surface area contributed by atoms with Gasteiger partial charge >= 0.3 is 0 Å². The van der Waals surface area contributed by atoms with Crippen LogP contribution in [0.4, 0.5) is 0 Å². The molecule has 0 aliphatic heterocycles. The zero-order valence-corrected chi connectivity index (χ0v) is 8.80. The average molecular weight is 208 g/mol. The Labute approximate surface area is 87.5 Å². The van der Waals surface area contributed by atoms with Crippen LogP contribution in [-0.2, 0) is 0 Å². The molecule has 2 rings (SSSR count). The van der Waals surface area contributed by atoms with Crippen LogP contribution < -0.4 is 4.74 Å². The molecular formula is C11H10ClNO. The highest BCUT2D eigenvalue weighted by Crippen LogP contribution is 2.31. The van der Waals surface area contributed by atoms with Crippen LogP contribution in [0.2, 0.25) is 5.02 Å². The number of hydrogen-bond acceptors (Lipinski definition) is 2. The molecule has 72 valence electrons. The van der Waals surface area contributed by atoms with Crippen LogP contribution in [0.15, 0.2) is 24.3 Å². The van der Waals surface area contributed by atoms with Gasteiger partial charge in [0.2, 0.25) is 5.88 Å². The van der Waals surface area contributed by atoms with Crippen molar-refractivity contribution in [2.24, 2.45) is 0 Å². The number of aromatic nitrogens is 1. The minimum Gasteiger partial charge on any atom is -0.481 e. The third-order valence-corrected chi connectivity index (χ3v) is 2.65. The van der Waals surface area contributed by atoms with Crippen molar-refractivity contribution in [2.75, 3.05) is 7.11 Å². The van der Waals surface area contributed by atoms with E-state index in [4.69, 9.17) is 16.3 Å². The van der Waals surface area contributed by atoms with Crippen molar-refractivity contribution >= 4 is 22.4 Å². The van der Waals surface area contributed by atoms with Gasteiger partial charge in [-0.25, -0.2) is 4.98 Å². The van der Waals surface area contributed by atoms with Gasteiger partial charge in [-0.3, -0.25) is 0 Å². The molecule has 0 fully saturated rings. The van der Waals surface area contributed by atoms with E-state index in [9.17, 15) is 0 Å².